The summed E-state index contributed by atoms with van der Waals surface area (Å²) in [6.07, 6.45) is 0. The summed E-state index contributed by atoms with van der Waals surface area (Å²) in [5.41, 5.74) is 3.35. The van der Waals surface area contributed by atoms with Gasteiger partial charge in [-0.25, -0.2) is 0 Å². The van der Waals surface area contributed by atoms with Gasteiger partial charge in [-0.2, -0.15) is 0 Å². The van der Waals surface area contributed by atoms with E-state index in [-0.39, 0.29) is 17.6 Å². The predicted octanol–water partition coefficient (Wildman–Crippen LogP) is 5.59. The van der Waals surface area contributed by atoms with Crippen molar-refractivity contribution in [3.63, 3.8) is 0 Å². The number of aromatic nitrogens is 2. The Hall–Kier alpha value is -3.69. The maximum Gasteiger partial charge on any atom is 0.257 e. The molecule has 1 heterocycles. The molecule has 172 valence electrons. The molecule has 0 aliphatic heterocycles. The van der Waals surface area contributed by atoms with E-state index in [4.69, 9.17) is 4.74 Å². The fourth-order valence-electron chi connectivity index (χ4n) is 3.06. The maximum absolute atomic E-state index is 12.6. The van der Waals surface area contributed by atoms with E-state index < -0.39 is 0 Å². The minimum Gasteiger partial charge on any atom is -0.494 e. The second-order valence-electron chi connectivity index (χ2n) is 7.06. The molecule has 0 fully saturated rings. The van der Waals surface area contributed by atoms with Gasteiger partial charge in [-0.1, -0.05) is 65.6 Å². The first kappa shape index (κ1) is 23.5. The van der Waals surface area contributed by atoms with Gasteiger partial charge >= 0.3 is 0 Å². The third-order valence-electron chi connectivity index (χ3n) is 4.66. The zero-order valence-corrected chi connectivity index (χ0v) is 20.0. The molecular weight excluding hydrogens is 468 g/mol. The summed E-state index contributed by atoms with van der Waals surface area (Å²) in [5.74, 6) is 0.510. The van der Waals surface area contributed by atoms with Crippen LogP contribution in [0.3, 0.4) is 0 Å². The second kappa shape index (κ2) is 11.4. The van der Waals surface area contributed by atoms with Crippen LogP contribution < -0.4 is 15.4 Å². The third-order valence-corrected chi connectivity index (χ3v) is 6.63. The van der Waals surface area contributed by atoms with Gasteiger partial charge in [-0.3, -0.25) is 14.9 Å². The molecule has 4 rings (SSSR count). The first-order chi connectivity index (χ1) is 16.6. The molecule has 0 aliphatic carbocycles. The van der Waals surface area contributed by atoms with E-state index in [1.54, 1.807) is 36.4 Å². The van der Waals surface area contributed by atoms with Crippen LogP contribution in [0.2, 0.25) is 0 Å². The number of rotatable bonds is 9. The lowest BCUT2D eigenvalue weighted by atomic mass is 10.0. The molecule has 0 atom stereocenters. The Morgan fingerprint density at radius 3 is 2.29 bits per heavy atom. The lowest BCUT2D eigenvalue weighted by Crippen LogP contribution is -2.13. The van der Waals surface area contributed by atoms with E-state index >= 15 is 0 Å². The largest absolute Gasteiger partial charge is 0.494 e. The average molecular weight is 491 g/mol. The van der Waals surface area contributed by atoms with Crippen LogP contribution in [0.25, 0.3) is 11.1 Å². The van der Waals surface area contributed by atoms with Crippen molar-refractivity contribution < 1.29 is 14.3 Å². The zero-order chi connectivity index (χ0) is 23.8. The van der Waals surface area contributed by atoms with Gasteiger partial charge in [0.25, 0.3) is 5.91 Å². The molecule has 0 bridgehead atoms. The number of nitrogens with one attached hydrogen (secondary N) is 2. The number of nitrogens with zero attached hydrogens (tertiary/aromatic N) is 2. The number of hydrogen-bond acceptors (Lipinski definition) is 7. The van der Waals surface area contributed by atoms with Crippen molar-refractivity contribution in [2.75, 3.05) is 23.0 Å². The normalized spacial score (nSPS) is 10.5. The smallest absolute Gasteiger partial charge is 0.257 e. The minimum absolute atomic E-state index is 0.159. The summed E-state index contributed by atoms with van der Waals surface area (Å²) in [5, 5.41) is 14.0. The van der Waals surface area contributed by atoms with Gasteiger partial charge < -0.3 is 10.1 Å². The van der Waals surface area contributed by atoms with Crippen LogP contribution in [-0.4, -0.2) is 34.4 Å². The number of amides is 2. The van der Waals surface area contributed by atoms with Crippen LogP contribution in [-0.2, 0) is 4.79 Å². The van der Waals surface area contributed by atoms with Crippen molar-refractivity contribution in [2.45, 2.75) is 11.3 Å². The van der Waals surface area contributed by atoms with Gasteiger partial charge in [0.1, 0.15) is 5.75 Å². The van der Waals surface area contributed by atoms with Gasteiger partial charge in [0.05, 0.1) is 12.4 Å². The Kier molecular flexibility index (Phi) is 7.90. The van der Waals surface area contributed by atoms with Crippen molar-refractivity contribution >= 4 is 45.7 Å². The second-order valence-corrected chi connectivity index (χ2v) is 9.26. The molecule has 0 saturated carbocycles. The molecule has 0 radical (unpaired) electrons. The SMILES string of the molecule is CCOc1ccc(NC(=O)CSc2nnc(NC(=O)c3ccc(-c4ccccc4)cc3)s2)cc1. The van der Waals surface area contributed by atoms with Crippen LogP contribution in [0.4, 0.5) is 10.8 Å². The fourth-order valence-corrected chi connectivity index (χ4v) is 4.61. The third kappa shape index (κ3) is 6.43. The number of thioether (sulfide) groups is 1. The highest BCUT2D eigenvalue weighted by Gasteiger charge is 2.12. The molecule has 2 N–H and O–H groups in total. The maximum atomic E-state index is 12.6. The highest BCUT2D eigenvalue weighted by atomic mass is 32.2. The van der Waals surface area contributed by atoms with Crippen LogP contribution >= 0.6 is 23.1 Å². The monoisotopic (exact) mass is 490 g/mol. The number of carbonyl (C=O) groups excluding carboxylic acids is 2. The van der Waals surface area contributed by atoms with Crippen LogP contribution in [0.15, 0.2) is 83.2 Å². The van der Waals surface area contributed by atoms with E-state index in [1.165, 1.54) is 23.1 Å². The topological polar surface area (TPSA) is 93.2 Å². The van der Waals surface area contributed by atoms with Gasteiger partial charge in [-0.15, -0.1) is 10.2 Å². The van der Waals surface area contributed by atoms with E-state index in [0.29, 0.717) is 27.3 Å². The molecule has 7 nitrogen and oxygen atoms in total. The lowest BCUT2D eigenvalue weighted by molar-refractivity contribution is -0.113. The van der Waals surface area contributed by atoms with Crippen LogP contribution in [0.1, 0.15) is 17.3 Å². The number of ether oxygens (including phenoxy) is 1. The quantitative estimate of drug-likeness (QED) is 0.235. The van der Waals surface area contributed by atoms with Gasteiger partial charge in [0.15, 0.2) is 4.34 Å². The molecule has 0 spiro atoms. The molecule has 0 unspecified atom stereocenters. The minimum atomic E-state index is -0.263. The van der Waals surface area contributed by atoms with Crippen molar-refractivity contribution in [3.05, 3.63) is 84.4 Å². The summed E-state index contributed by atoms with van der Waals surface area (Å²) < 4.78 is 5.99. The molecule has 0 aliphatic rings. The summed E-state index contributed by atoms with van der Waals surface area (Å²) in [7, 11) is 0. The Labute approximate surface area is 205 Å². The molecule has 4 aromatic rings. The predicted molar refractivity (Wildman–Crippen MR) is 137 cm³/mol. The first-order valence-electron chi connectivity index (χ1n) is 10.6. The van der Waals surface area contributed by atoms with E-state index in [0.717, 1.165) is 16.9 Å². The first-order valence-corrected chi connectivity index (χ1v) is 12.4. The summed E-state index contributed by atoms with van der Waals surface area (Å²) in [6.45, 7) is 2.51. The molecule has 9 heteroatoms. The zero-order valence-electron chi connectivity index (χ0n) is 18.4. The molecule has 34 heavy (non-hydrogen) atoms. The Bertz CT molecular complexity index is 1240. The highest BCUT2D eigenvalue weighted by Crippen LogP contribution is 2.26. The number of carbonyl (C=O) groups is 2. The fraction of sp³-hybridized carbons (Fsp3) is 0.120. The van der Waals surface area contributed by atoms with Gasteiger partial charge in [0, 0.05) is 11.3 Å². The van der Waals surface area contributed by atoms with Crippen molar-refractivity contribution in [2.24, 2.45) is 0 Å². The molecular formula is C25H22N4O3S2. The van der Waals surface area contributed by atoms with Gasteiger partial charge in [-0.05, 0) is 54.4 Å². The van der Waals surface area contributed by atoms with Crippen molar-refractivity contribution in [3.8, 4) is 16.9 Å². The molecule has 3 aromatic carbocycles. The van der Waals surface area contributed by atoms with E-state index in [2.05, 4.69) is 20.8 Å². The number of anilines is 2. The Morgan fingerprint density at radius 1 is 0.882 bits per heavy atom. The molecule has 2 amide bonds. The lowest BCUT2D eigenvalue weighted by Gasteiger charge is -2.06. The summed E-state index contributed by atoms with van der Waals surface area (Å²) in [6, 6.07) is 24.5. The van der Waals surface area contributed by atoms with Crippen molar-refractivity contribution in [1.29, 1.82) is 0 Å². The number of benzene rings is 3. The molecule has 1 aromatic heterocycles. The van der Waals surface area contributed by atoms with Crippen LogP contribution in [0, 0.1) is 0 Å². The Balaban J connectivity index is 1.26. The van der Waals surface area contributed by atoms with Crippen molar-refractivity contribution in [1.82, 2.24) is 10.2 Å². The Morgan fingerprint density at radius 2 is 1.59 bits per heavy atom. The highest BCUT2D eigenvalue weighted by molar-refractivity contribution is 8.01. The summed E-state index contributed by atoms with van der Waals surface area (Å²) in [4.78, 5) is 24.8. The van der Waals surface area contributed by atoms with E-state index in [9.17, 15) is 9.59 Å². The standard InChI is InChI=1S/C25H22N4O3S2/c1-2-32-21-14-12-20(13-15-21)26-22(30)16-33-25-29-28-24(34-25)27-23(31)19-10-8-18(9-11-19)17-6-4-3-5-7-17/h3-15H,2,16H2,1H3,(H,26,30)(H,27,28,31). The average Bonchev–Trinajstić information content (AvgIpc) is 3.32. The molecule has 0 saturated heterocycles. The van der Waals surface area contributed by atoms with Gasteiger partial charge in [0.2, 0.25) is 11.0 Å². The summed E-state index contributed by atoms with van der Waals surface area (Å²) >= 11 is 2.48. The number of hydrogen-bond donors (Lipinski definition) is 2. The van der Waals surface area contributed by atoms with Crippen LogP contribution in [0.5, 0.6) is 5.75 Å². The van der Waals surface area contributed by atoms with E-state index in [1.807, 2.05) is 49.4 Å².